The van der Waals surface area contributed by atoms with Gasteiger partial charge in [-0.15, -0.1) is 0 Å². The molecule has 114 valence electrons. The minimum Gasteiger partial charge on any atom is -0.504 e. The van der Waals surface area contributed by atoms with Crippen LogP contribution in [0.25, 0.3) is 0 Å². The number of hydrogen-bond donors (Lipinski definition) is 4. The highest BCUT2D eigenvalue weighted by atomic mass is 16.7. The largest absolute Gasteiger partial charge is 0.504 e. The highest BCUT2D eigenvalue weighted by Crippen LogP contribution is 2.24. The van der Waals surface area contributed by atoms with Crippen molar-refractivity contribution < 1.29 is 29.9 Å². The quantitative estimate of drug-likeness (QED) is 0.318. The van der Waals surface area contributed by atoms with Crippen molar-refractivity contribution in [2.45, 2.75) is 44.5 Å². The Hall–Kier alpha value is -1.50. The fraction of sp³-hybridized carbons (Fsp3) is 0.571. The Balaban J connectivity index is 2.53. The van der Waals surface area contributed by atoms with E-state index in [0.717, 1.165) is 19.3 Å². The number of aliphatic hydroxyl groups is 4. The molecule has 1 aliphatic rings. The van der Waals surface area contributed by atoms with Crippen molar-refractivity contribution >= 4 is 0 Å². The Morgan fingerprint density at radius 3 is 2.70 bits per heavy atom. The van der Waals surface area contributed by atoms with Gasteiger partial charge in [0.25, 0.3) is 0 Å². The lowest BCUT2D eigenvalue weighted by molar-refractivity contribution is -0.139. The summed E-state index contributed by atoms with van der Waals surface area (Å²) >= 11 is 0. The monoisotopic (exact) mass is 286 g/mol. The van der Waals surface area contributed by atoms with E-state index in [2.05, 4.69) is 6.92 Å². The van der Waals surface area contributed by atoms with E-state index < -0.39 is 30.7 Å². The fourth-order valence-electron chi connectivity index (χ4n) is 1.63. The lowest BCUT2D eigenvalue weighted by atomic mass is 10.1. The van der Waals surface area contributed by atoms with Crippen LogP contribution in [0.15, 0.2) is 36.2 Å². The normalized spacial score (nSPS) is 27.3. The zero-order chi connectivity index (χ0) is 15.0. The van der Waals surface area contributed by atoms with E-state index in [9.17, 15) is 15.3 Å². The minimum absolute atomic E-state index is 0.319. The van der Waals surface area contributed by atoms with E-state index in [1.165, 1.54) is 6.26 Å². The first-order valence-electron chi connectivity index (χ1n) is 6.66. The summed E-state index contributed by atoms with van der Waals surface area (Å²) in [5.74, 6) is -0.915. The summed E-state index contributed by atoms with van der Waals surface area (Å²) in [7, 11) is 0. The maximum atomic E-state index is 9.58. The van der Waals surface area contributed by atoms with Crippen molar-refractivity contribution in [2.24, 2.45) is 0 Å². The third-order valence-electron chi connectivity index (χ3n) is 2.86. The summed E-state index contributed by atoms with van der Waals surface area (Å²) in [6.45, 7) is 1.61. The Morgan fingerprint density at radius 1 is 1.30 bits per heavy atom. The van der Waals surface area contributed by atoms with E-state index in [0.29, 0.717) is 0 Å². The summed E-state index contributed by atoms with van der Waals surface area (Å²) in [5.41, 5.74) is 0. The zero-order valence-corrected chi connectivity index (χ0v) is 11.5. The van der Waals surface area contributed by atoms with Crippen LogP contribution in [0.3, 0.4) is 0 Å². The van der Waals surface area contributed by atoms with Gasteiger partial charge in [0, 0.05) is 0 Å². The second-order valence-corrected chi connectivity index (χ2v) is 4.46. The van der Waals surface area contributed by atoms with E-state index in [-0.39, 0.29) is 5.95 Å². The summed E-state index contributed by atoms with van der Waals surface area (Å²) in [4.78, 5) is 0. The molecule has 1 aliphatic heterocycles. The van der Waals surface area contributed by atoms with Crippen molar-refractivity contribution in [3.8, 4) is 0 Å². The maximum Gasteiger partial charge on any atom is 0.327 e. The zero-order valence-electron chi connectivity index (χ0n) is 11.5. The van der Waals surface area contributed by atoms with Crippen LogP contribution in [-0.2, 0) is 9.47 Å². The third kappa shape index (κ3) is 4.56. The molecule has 0 amide bonds. The molecular weight excluding hydrogens is 264 g/mol. The predicted octanol–water partition coefficient (Wildman–Crippen LogP) is 1.10. The molecule has 6 nitrogen and oxygen atoms in total. The lowest BCUT2D eigenvalue weighted by Gasteiger charge is -2.31. The standard InChI is InChI=1S/C14H22O6/c1-2-3-4-5-6-7-8-19-14-13(18)12(17)11(16)10(9-15)20-14/h5-8,10-12,15-18H,2-4,9H2,1H3/t10-,11-,12+/m1/s1. The summed E-state index contributed by atoms with van der Waals surface area (Å²) < 4.78 is 10.1. The number of unbranched alkanes of at least 4 members (excludes halogenated alkanes) is 2. The first kappa shape index (κ1) is 16.6. The average molecular weight is 286 g/mol. The number of rotatable bonds is 7. The Kier molecular flexibility index (Phi) is 7.14. The van der Waals surface area contributed by atoms with Crippen LogP contribution < -0.4 is 0 Å². The molecule has 1 heterocycles. The molecule has 3 atom stereocenters. The van der Waals surface area contributed by atoms with Crippen molar-refractivity contribution in [1.82, 2.24) is 0 Å². The van der Waals surface area contributed by atoms with Crippen LogP contribution >= 0.6 is 0 Å². The molecule has 0 aromatic rings. The van der Waals surface area contributed by atoms with Gasteiger partial charge in [0.15, 0.2) is 6.10 Å². The van der Waals surface area contributed by atoms with Gasteiger partial charge >= 0.3 is 5.95 Å². The van der Waals surface area contributed by atoms with Gasteiger partial charge in [-0.1, -0.05) is 31.9 Å². The number of allylic oxidation sites excluding steroid dienone is 3. The fourth-order valence-corrected chi connectivity index (χ4v) is 1.63. The molecule has 6 heteroatoms. The van der Waals surface area contributed by atoms with E-state index in [1.54, 1.807) is 12.2 Å². The molecule has 0 spiro atoms. The second kappa shape index (κ2) is 8.63. The van der Waals surface area contributed by atoms with Crippen LogP contribution in [0.4, 0.5) is 0 Å². The molecule has 0 fully saturated rings. The number of ether oxygens (including phenoxy) is 2. The molecule has 0 aromatic carbocycles. The Labute approximate surface area is 118 Å². The van der Waals surface area contributed by atoms with Crippen molar-refractivity contribution in [1.29, 1.82) is 0 Å². The molecule has 0 aliphatic carbocycles. The van der Waals surface area contributed by atoms with Gasteiger partial charge in [-0.3, -0.25) is 0 Å². The van der Waals surface area contributed by atoms with Gasteiger partial charge < -0.3 is 29.9 Å². The van der Waals surface area contributed by atoms with Gasteiger partial charge in [0.2, 0.25) is 5.76 Å². The van der Waals surface area contributed by atoms with Crippen LogP contribution in [0.1, 0.15) is 26.2 Å². The SMILES string of the molecule is CCCCC=CC=COC1=C(O)[C@@H](O)[C@H](O)[C@@H](CO)O1. The summed E-state index contributed by atoms with van der Waals surface area (Å²) in [6, 6.07) is 0. The molecule has 0 bridgehead atoms. The number of hydrogen-bond acceptors (Lipinski definition) is 6. The highest BCUT2D eigenvalue weighted by molar-refractivity contribution is 5.10. The highest BCUT2D eigenvalue weighted by Gasteiger charge is 2.38. The van der Waals surface area contributed by atoms with Crippen molar-refractivity contribution in [2.75, 3.05) is 6.61 Å². The minimum atomic E-state index is -1.54. The van der Waals surface area contributed by atoms with Crippen molar-refractivity contribution in [3.63, 3.8) is 0 Å². The van der Waals surface area contributed by atoms with Crippen LogP contribution in [0.2, 0.25) is 0 Å². The van der Waals surface area contributed by atoms with E-state index in [4.69, 9.17) is 14.6 Å². The Morgan fingerprint density at radius 2 is 2.05 bits per heavy atom. The molecule has 0 saturated heterocycles. The van der Waals surface area contributed by atoms with Gasteiger partial charge in [-0.05, 0) is 12.5 Å². The number of aliphatic hydroxyl groups excluding tert-OH is 4. The van der Waals surface area contributed by atoms with Crippen LogP contribution in [0.5, 0.6) is 0 Å². The van der Waals surface area contributed by atoms with Crippen LogP contribution in [0, 0.1) is 0 Å². The van der Waals surface area contributed by atoms with Crippen molar-refractivity contribution in [3.05, 3.63) is 36.2 Å². The van der Waals surface area contributed by atoms with E-state index >= 15 is 0 Å². The molecule has 0 saturated carbocycles. The topological polar surface area (TPSA) is 99.4 Å². The first-order chi connectivity index (χ1) is 9.61. The molecule has 1 rings (SSSR count). The maximum absolute atomic E-state index is 9.58. The first-order valence-corrected chi connectivity index (χ1v) is 6.66. The molecule has 0 radical (unpaired) electrons. The molecule has 20 heavy (non-hydrogen) atoms. The predicted molar refractivity (Wildman–Crippen MR) is 72.5 cm³/mol. The third-order valence-corrected chi connectivity index (χ3v) is 2.86. The van der Waals surface area contributed by atoms with Gasteiger partial charge in [0.05, 0.1) is 12.9 Å². The lowest BCUT2D eigenvalue weighted by Crippen LogP contribution is -2.46. The van der Waals surface area contributed by atoms with Crippen LogP contribution in [-0.4, -0.2) is 45.3 Å². The molecule has 4 N–H and O–H groups in total. The van der Waals surface area contributed by atoms with Gasteiger partial charge in [-0.25, -0.2) is 0 Å². The molecule has 0 unspecified atom stereocenters. The molecule has 0 aromatic heterocycles. The Bertz CT molecular complexity index is 374. The average Bonchev–Trinajstić information content (AvgIpc) is 2.46. The van der Waals surface area contributed by atoms with E-state index in [1.807, 2.05) is 6.08 Å². The molecular formula is C14H22O6. The second-order valence-electron chi connectivity index (χ2n) is 4.46. The summed E-state index contributed by atoms with van der Waals surface area (Å²) in [5, 5.41) is 37.6. The van der Waals surface area contributed by atoms with Gasteiger partial charge in [0.1, 0.15) is 12.2 Å². The summed E-state index contributed by atoms with van der Waals surface area (Å²) in [6.07, 6.45) is 5.92. The smallest absolute Gasteiger partial charge is 0.327 e. The van der Waals surface area contributed by atoms with Gasteiger partial charge in [-0.2, -0.15) is 0 Å².